The number of anilines is 1. The molecule has 186 valence electrons. The first kappa shape index (κ1) is 24.1. The number of nitrogens with zero attached hydrogens (tertiary/aromatic N) is 5. The third kappa shape index (κ3) is 5.61. The van der Waals surface area contributed by atoms with Gasteiger partial charge >= 0.3 is 0 Å². The molecule has 2 N–H and O–H groups in total. The van der Waals surface area contributed by atoms with Crippen LogP contribution >= 0.6 is 0 Å². The number of fused-ring (bicyclic) bond motifs is 1. The van der Waals surface area contributed by atoms with Crippen molar-refractivity contribution in [1.82, 2.24) is 30.0 Å². The highest BCUT2D eigenvalue weighted by Gasteiger charge is 2.17. The zero-order valence-electron chi connectivity index (χ0n) is 21.2. The van der Waals surface area contributed by atoms with Gasteiger partial charge in [-0.05, 0) is 87.4 Å². The molecule has 0 saturated carbocycles. The molecule has 0 atom stereocenters. The molecule has 5 rings (SSSR count). The summed E-state index contributed by atoms with van der Waals surface area (Å²) < 4.78 is 0. The minimum absolute atomic E-state index is 0.272. The fourth-order valence-electron chi connectivity index (χ4n) is 4.68. The van der Waals surface area contributed by atoms with Crippen LogP contribution in [0.25, 0.3) is 22.0 Å². The lowest BCUT2D eigenvalue weighted by Gasteiger charge is -2.30. The van der Waals surface area contributed by atoms with E-state index in [1.807, 2.05) is 61.7 Å². The van der Waals surface area contributed by atoms with Crippen LogP contribution in [0.15, 0.2) is 55.0 Å². The fraction of sp³-hybridized carbons (Fsp3) is 0.357. The van der Waals surface area contributed by atoms with Gasteiger partial charge < -0.3 is 10.2 Å². The number of carbonyl (C=O) groups is 1. The molecule has 4 heterocycles. The van der Waals surface area contributed by atoms with Gasteiger partial charge in [-0.25, -0.2) is 0 Å². The number of benzene rings is 1. The third-order valence-corrected chi connectivity index (χ3v) is 6.75. The van der Waals surface area contributed by atoms with Crippen molar-refractivity contribution in [2.75, 3.05) is 32.5 Å². The van der Waals surface area contributed by atoms with Crippen molar-refractivity contribution in [2.45, 2.75) is 32.9 Å². The van der Waals surface area contributed by atoms with Gasteiger partial charge in [0, 0.05) is 36.4 Å². The summed E-state index contributed by atoms with van der Waals surface area (Å²) in [4.78, 5) is 26.5. The first-order valence-corrected chi connectivity index (χ1v) is 12.5. The Morgan fingerprint density at radius 3 is 2.67 bits per heavy atom. The topological polar surface area (TPSA) is 90.0 Å². The molecule has 36 heavy (non-hydrogen) atoms. The zero-order chi connectivity index (χ0) is 25.1. The van der Waals surface area contributed by atoms with Crippen molar-refractivity contribution in [2.24, 2.45) is 5.92 Å². The highest BCUT2D eigenvalue weighted by Crippen LogP contribution is 2.27. The van der Waals surface area contributed by atoms with Crippen LogP contribution in [0, 0.1) is 5.92 Å². The van der Waals surface area contributed by atoms with Crippen molar-refractivity contribution in [3.63, 3.8) is 0 Å². The molecule has 0 bridgehead atoms. The molecule has 1 saturated heterocycles. The van der Waals surface area contributed by atoms with Gasteiger partial charge in [0.05, 0.1) is 23.1 Å². The zero-order valence-corrected chi connectivity index (χ0v) is 21.2. The molecule has 4 aromatic rings. The highest BCUT2D eigenvalue weighted by atomic mass is 16.1. The van der Waals surface area contributed by atoms with Crippen LogP contribution in [0.4, 0.5) is 5.69 Å². The van der Waals surface area contributed by atoms with E-state index in [9.17, 15) is 4.79 Å². The molecule has 0 unspecified atom stereocenters. The molecule has 0 radical (unpaired) electrons. The van der Waals surface area contributed by atoms with Gasteiger partial charge in [0.25, 0.3) is 5.91 Å². The van der Waals surface area contributed by atoms with E-state index in [1.165, 1.54) is 18.4 Å². The van der Waals surface area contributed by atoms with Crippen LogP contribution in [0.3, 0.4) is 0 Å². The molecule has 0 aliphatic carbocycles. The van der Waals surface area contributed by atoms with Gasteiger partial charge in [-0.2, -0.15) is 5.10 Å². The van der Waals surface area contributed by atoms with E-state index in [1.54, 1.807) is 6.20 Å². The molecular formula is C28H33N7O. The van der Waals surface area contributed by atoms with E-state index < -0.39 is 0 Å². The Kier molecular flexibility index (Phi) is 7.06. The molecule has 1 amide bonds. The second-order valence-corrected chi connectivity index (χ2v) is 10.1. The standard InChI is InChI=1S/C28H33N7O/c1-19-8-10-35(11-9-19)17-20-12-22(15-29-14-20)21-4-7-26-25(13-21)27(33-32-26)28(36)31-23-5-6-24(30-16-23)18-34(2)3/h4-7,12-16,19H,8-11,17-18H2,1-3H3,(H,31,36)(H,32,33). The number of nitrogens with one attached hydrogen (secondary N) is 2. The number of hydrogen-bond donors (Lipinski definition) is 2. The average Bonchev–Trinajstić information content (AvgIpc) is 3.30. The number of H-pyrrole nitrogens is 1. The maximum absolute atomic E-state index is 13.1. The summed E-state index contributed by atoms with van der Waals surface area (Å²) in [6.45, 7) is 6.27. The van der Waals surface area contributed by atoms with Crippen LogP contribution < -0.4 is 5.32 Å². The van der Waals surface area contributed by atoms with E-state index >= 15 is 0 Å². The fourth-order valence-corrected chi connectivity index (χ4v) is 4.68. The van der Waals surface area contributed by atoms with E-state index in [0.29, 0.717) is 11.4 Å². The molecule has 1 fully saturated rings. The Hall–Kier alpha value is -3.62. The Morgan fingerprint density at radius 2 is 1.92 bits per heavy atom. The van der Waals surface area contributed by atoms with Crippen molar-refractivity contribution < 1.29 is 4.79 Å². The molecule has 1 aliphatic heterocycles. The normalized spacial score (nSPS) is 15.0. The lowest BCUT2D eigenvalue weighted by Crippen LogP contribution is -2.32. The second kappa shape index (κ2) is 10.6. The number of pyridine rings is 2. The van der Waals surface area contributed by atoms with E-state index in [0.717, 1.165) is 59.8 Å². The Morgan fingerprint density at radius 1 is 1.08 bits per heavy atom. The van der Waals surface area contributed by atoms with E-state index in [-0.39, 0.29) is 5.91 Å². The predicted octanol–water partition coefficient (Wildman–Crippen LogP) is 4.57. The first-order valence-electron chi connectivity index (χ1n) is 12.5. The maximum atomic E-state index is 13.1. The van der Waals surface area contributed by atoms with Crippen LogP contribution in [0.5, 0.6) is 0 Å². The van der Waals surface area contributed by atoms with Crippen molar-refractivity contribution in [1.29, 1.82) is 0 Å². The maximum Gasteiger partial charge on any atom is 0.276 e. The number of aromatic amines is 1. The highest BCUT2D eigenvalue weighted by molar-refractivity contribution is 6.11. The summed E-state index contributed by atoms with van der Waals surface area (Å²) in [5.74, 6) is 0.546. The molecule has 3 aromatic heterocycles. The van der Waals surface area contributed by atoms with Crippen LogP contribution in [0.2, 0.25) is 0 Å². The molecule has 1 aliphatic rings. The van der Waals surface area contributed by atoms with Gasteiger partial charge in [-0.3, -0.25) is 24.8 Å². The largest absolute Gasteiger partial charge is 0.319 e. The van der Waals surface area contributed by atoms with E-state index in [4.69, 9.17) is 0 Å². The minimum Gasteiger partial charge on any atom is -0.319 e. The average molecular weight is 484 g/mol. The summed E-state index contributed by atoms with van der Waals surface area (Å²) in [6.07, 6.45) is 8.02. The van der Waals surface area contributed by atoms with Crippen molar-refractivity contribution in [3.8, 4) is 11.1 Å². The van der Waals surface area contributed by atoms with Gasteiger partial charge in [-0.15, -0.1) is 0 Å². The molecular weight excluding hydrogens is 450 g/mol. The van der Waals surface area contributed by atoms with Crippen LogP contribution in [0.1, 0.15) is 41.5 Å². The predicted molar refractivity (Wildman–Crippen MR) is 143 cm³/mol. The number of amides is 1. The van der Waals surface area contributed by atoms with Gasteiger partial charge in [0.15, 0.2) is 5.69 Å². The summed E-state index contributed by atoms with van der Waals surface area (Å²) in [7, 11) is 3.99. The number of aromatic nitrogens is 4. The van der Waals surface area contributed by atoms with Crippen molar-refractivity contribution in [3.05, 3.63) is 71.9 Å². The number of piperidine rings is 1. The lowest BCUT2D eigenvalue weighted by atomic mass is 9.98. The Labute approximate surface area is 211 Å². The number of rotatable bonds is 7. The number of carbonyl (C=O) groups excluding carboxylic acids is 1. The van der Waals surface area contributed by atoms with Gasteiger partial charge in [0.1, 0.15) is 0 Å². The molecule has 0 spiro atoms. The smallest absolute Gasteiger partial charge is 0.276 e. The number of likely N-dealkylation sites (tertiary alicyclic amines) is 1. The van der Waals surface area contributed by atoms with E-state index in [2.05, 4.69) is 43.4 Å². The summed E-state index contributed by atoms with van der Waals surface area (Å²) in [5.41, 5.74) is 6.00. The summed E-state index contributed by atoms with van der Waals surface area (Å²) in [6, 6.07) is 12.0. The molecule has 8 heteroatoms. The second-order valence-electron chi connectivity index (χ2n) is 10.1. The Bertz CT molecular complexity index is 1340. The SMILES string of the molecule is CC1CCN(Cc2cncc(-c3ccc4[nH]nc(C(=O)Nc5ccc(CN(C)C)nc5)c4c3)c2)CC1. The summed E-state index contributed by atoms with van der Waals surface area (Å²) in [5, 5.41) is 11.0. The minimum atomic E-state index is -0.272. The monoisotopic (exact) mass is 483 g/mol. The molecule has 1 aromatic carbocycles. The van der Waals surface area contributed by atoms with Crippen LogP contribution in [-0.4, -0.2) is 63.1 Å². The van der Waals surface area contributed by atoms with Crippen molar-refractivity contribution >= 4 is 22.5 Å². The summed E-state index contributed by atoms with van der Waals surface area (Å²) >= 11 is 0. The first-order chi connectivity index (χ1) is 17.4. The third-order valence-electron chi connectivity index (χ3n) is 6.75. The van der Waals surface area contributed by atoms with Gasteiger partial charge in [-0.1, -0.05) is 13.0 Å². The lowest BCUT2D eigenvalue weighted by molar-refractivity contribution is 0.102. The van der Waals surface area contributed by atoms with Crippen LogP contribution in [-0.2, 0) is 13.1 Å². The quantitative estimate of drug-likeness (QED) is 0.400. The molecule has 8 nitrogen and oxygen atoms in total. The Balaban J connectivity index is 1.33. The number of hydrogen-bond acceptors (Lipinski definition) is 6. The van der Waals surface area contributed by atoms with Gasteiger partial charge in [0.2, 0.25) is 0 Å².